The van der Waals surface area contributed by atoms with Crippen LogP contribution < -0.4 is 10.6 Å². The second-order valence-corrected chi connectivity index (χ2v) is 18.1. The summed E-state index contributed by atoms with van der Waals surface area (Å²) in [5, 5.41) is 15.8. The van der Waals surface area contributed by atoms with Crippen molar-refractivity contribution >= 4 is 77.7 Å². The molecule has 0 spiro atoms. The maximum atomic E-state index is 15.0. The van der Waals surface area contributed by atoms with Crippen LogP contribution in [-0.2, 0) is 0 Å². The highest BCUT2D eigenvalue weighted by molar-refractivity contribution is 6.09. The first-order valence-electron chi connectivity index (χ1n) is 23.8. The summed E-state index contributed by atoms with van der Waals surface area (Å²) < 4.78 is 0. The van der Waals surface area contributed by atoms with Crippen molar-refractivity contribution in [1.82, 2.24) is 20.4 Å². The van der Waals surface area contributed by atoms with Gasteiger partial charge < -0.3 is 10.6 Å². The van der Waals surface area contributed by atoms with Gasteiger partial charge in [-0.05, 0) is 128 Å². The van der Waals surface area contributed by atoms with Gasteiger partial charge in [-0.25, -0.2) is 9.59 Å². The smallest absolute Gasteiger partial charge is 0.325 e. The number of fused-ring (bicyclic) bond motifs is 5. The van der Waals surface area contributed by atoms with Gasteiger partial charge in [-0.15, -0.1) is 0 Å². The minimum absolute atomic E-state index is 0.305. The molecule has 8 heteroatoms. The second kappa shape index (κ2) is 19.2. The monoisotopic (exact) mass is 916 g/mol. The number of carbonyl (C=O) groups is 4. The van der Waals surface area contributed by atoms with E-state index in [1.165, 1.54) is 9.80 Å². The molecule has 0 radical (unpaired) electrons. The number of hydrogen-bond donors (Lipinski definition) is 2. The molecular weight excluding hydrogens is 865 g/mol. The summed E-state index contributed by atoms with van der Waals surface area (Å²) in [6.45, 7) is 7.62. The number of carbonyl (C=O) groups excluding carboxylic acids is 4. The molecule has 0 aromatic heterocycles. The van der Waals surface area contributed by atoms with Crippen molar-refractivity contribution in [2.75, 3.05) is 0 Å². The van der Waals surface area contributed by atoms with Gasteiger partial charge in [0.25, 0.3) is 11.8 Å². The summed E-state index contributed by atoms with van der Waals surface area (Å²) in [4.78, 5) is 61.9. The topological polar surface area (TPSA) is 98.8 Å². The van der Waals surface area contributed by atoms with Crippen molar-refractivity contribution in [3.05, 3.63) is 240 Å². The van der Waals surface area contributed by atoms with E-state index in [1.807, 2.05) is 198 Å². The van der Waals surface area contributed by atoms with E-state index in [0.717, 1.165) is 65.3 Å². The Morgan fingerprint density at radius 1 is 0.329 bits per heavy atom. The number of benzene rings is 10. The van der Waals surface area contributed by atoms with E-state index in [2.05, 4.69) is 10.6 Å². The molecule has 0 unspecified atom stereocenters. The molecule has 2 N–H and O–H groups in total. The number of nitrogens with one attached hydrogen (secondary N) is 2. The summed E-state index contributed by atoms with van der Waals surface area (Å²) in [5.74, 6) is -0.950. The Bertz CT molecular complexity index is 3400. The Hall–Kier alpha value is -8.62. The Kier molecular flexibility index (Phi) is 12.4. The molecule has 10 aromatic rings. The van der Waals surface area contributed by atoms with Crippen LogP contribution in [0.5, 0.6) is 0 Å². The molecule has 0 bridgehead atoms. The molecule has 0 aliphatic rings. The predicted octanol–water partition coefficient (Wildman–Crippen LogP) is 14.8. The molecule has 8 nitrogen and oxygen atoms in total. The number of hydrogen-bond acceptors (Lipinski definition) is 4. The molecule has 10 rings (SSSR count). The zero-order valence-electron chi connectivity index (χ0n) is 39.5. The largest absolute Gasteiger partial charge is 0.331 e. The van der Waals surface area contributed by atoms with E-state index >= 15 is 0 Å². The molecule has 0 aliphatic heterocycles. The normalized spacial score (nSPS) is 13.1. The minimum Gasteiger partial charge on any atom is -0.331 e. The highest BCUT2D eigenvalue weighted by Crippen LogP contribution is 2.34. The average Bonchev–Trinajstić information content (AvgIpc) is 3.39. The molecule has 4 atom stereocenters. The van der Waals surface area contributed by atoms with Crippen LogP contribution in [0.15, 0.2) is 206 Å². The maximum Gasteiger partial charge on any atom is 0.325 e. The predicted molar refractivity (Wildman–Crippen MR) is 283 cm³/mol. The van der Waals surface area contributed by atoms with Crippen molar-refractivity contribution in [1.29, 1.82) is 0 Å². The summed E-state index contributed by atoms with van der Waals surface area (Å²) in [6.07, 6.45) is 0. The Balaban J connectivity index is 0.982. The quantitative estimate of drug-likeness (QED) is 0.143. The molecule has 0 saturated carbocycles. The molecule has 10 aromatic carbocycles. The van der Waals surface area contributed by atoms with Gasteiger partial charge in [-0.2, -0.15) is 0 Å². The van der Waals surface area contributed by atoms with Gasteiger partial charge in [-0.3, -0.25) is 19.4 Å². The summed E-state index contributed by atoms with van der Waals surface area (Å²) in [5.41, 5.74) is 4.16. The Morgan fingerprint density at radius 2 is 0.614 bits per heavy atom. The standard InChI is InChI=1S/C62H52N4O4/c1-39(51-29-13-21-43-17-5-9-25-55(43)51)63-61(69)65(41(3)53-31-15-23-45-19-7-11-27-57(45)53)59(67)49-35-33-48-38-50(36-34-47(48)37-49)60(68)66(42(4)54-32-16-24-46-20-8-12-28-58(46)54)62(70)64-40(2)52-30-14-22-44-18-6-10-26-56(44)52/h5-42H,1-4H3,(H,63,69)(H,64,70)/t39-,40-,41-,42-/m0/s1. The van der Waals surface area contributed by atoms with Gasteiger partial charge in [0.1, 0.15) is 0 Å². The van der Waals surface area contributed by atoms with Gasteiger partial charge in [0, 0.05) is 11.1 Å². The highest BCUT2D eigenvalue weighted by atomic mass is 16.2. The third-order valence-electron chi connectivity index (χ3n) is 13.8. The van der Waals surface area contributed by atoms with Crippen molar-refractivity contribution in [2.24, 2.45) is 0 Å². The number of nitrogens with zero attached hydrogens (tertiary/aromatic N) is 2. The van der Waals surface area contributed by atoms with Crippen LogP contribution in [0.4, 0.5) is 9.59 Å². The molecule has 0 aliphatic carbocycles. The SMILES string of the molecule is C[C@H](NC(=O)N(C(=O)c1ccc2cc(C(=O)N(C(=O)N[C@@H](C)c3cccc4ccccc34)[C@@H](C)c3cccc4ccccc34)ccc2c1)[C@@H](C)c1cccc2ccccc12)c1cccc2ccccc12. The van der Waals surface area contributed by atoms with Gasteiger partial charge in [0.05, 0.1) is 24.2 Å². The maximum absolute atomic E-state index is 15.0. The zero-order chi connectivity index (χ0) is 48.5. The lowest BCUT2D eigenvalue weighted by molar-refractivity contribution is 0.0737. The van der Waals surface area contributed by atoms with E-state index in [1.54, 1.807) is 36.4 Å². The van der Waals surface area contributed by atoms with Crippen LogP contribution in [0.2, 0.25) is 0 Å². The summed E-state index contributed by atoms with van der Waals surface area (Å²) in [7, 11) is 0. The van der Waals surface area contributed by atoms with E-state index in [9.17, 15) is 19.2 Å². The van der Waals surface area contributed by atoms with Crippen LogP contribution in [0.1, 0.15) is 94.8 Å². The summed E-state index contributed by atoms with van der Waals surface area (Å²) in [6, 6.07) is 63.1. The highest BCUT2D eigenvalue weighted by Gasteiger charge is 2.33. The Labute approximate surface area is 407 Å². The average molecular weight is 917 g/mol. The van der Waals surface area contributed by atoms with Crippen LogP contribution in [0.3, 0.4) is 0 Å². The summed E-state index contributed by atoms with van der Waals surface area (Å²) >= 11 is 0. The zero-order valence-corrected chi connectivity index (χ0v) is 39.5. The van der Waals surface area contributed by atoms with Gasteiger partial charge in [0.15, 0.2) is 0 Å². The van der Waals surface area contributed by atoms with Gasteiger partial charge in [-0.1, -0.05) is 182 Å². The fraction of sp³-hybridized carbons (Fsp3) is 0.129. The van der Waals surface area contributed by atoms with Crippen molar-refractivity contribution < 1.29 is 19.2 Å². The molecule has 6 amide bonds. The first-order valence-corrected chi connectivity index (χ1v) is 23.8. The van der Waals surface area contributed by atoms with E-state index < -0.39 is 48.0 Å². The third kappa shape index (κ3) is 8.60. The second-order valence-electron chi connectivity index (χ2n) is 18.1. The lowest BCUT2D eigenvalue weighted by Gasteiger charge is -2.31. The Morgan fingerprint density at radius 3 is 0.957 bits per heavy atom. The van der Waals surface area contributed by atoms with E-state index in [-0.39, 0.29) is 0 Å². The molecule has 70 heavy (non-hydrogen) atoms. The molecular formula is C62H52N4O4. The molecule has 0 saturated heterocycles. The third-order valence-corrected chi connectivity index (χ3v) is 13.8. The number of amides is 6. The fourth-order valence-electron chi connectivity index (χ4n) is 10.1. The molecule has 0 fully saturated rings. The lowest BCUT2D eigenvalue weighted by Crippen LogP contribution is -2.46. The van der Waals surface area contributed by atoms with Crippen LogP contribution in [0, 0.1) is 0 Å². The fourth-order valence-corrected chi connectivity index (χ4v) is 10.1. The number of rotatable bonds is 10. The lowest BCUT2D eigenvalue weighted by atomic mass is 9.97. The first-order chi connectivity index (χ1) is 34.0. The van der Waals surface area contributed by atoms with Crippen molar-refractivity contribution in [3.8, 4) is 0 Å². The number of urea groups is 2. The minimum atomic E-state index is -0.654. The van der Waals surface area contributed by atoms with Crippen LogP contribution >= 0.6 is 0 Å². The van der Waals surface area contributed by atoms with Gasteiger partial charge >= 0.3 is 12.1 Å². The molecule has 0 heterocycles. The van der Waals surface area contributed by atoms with Gasteiger partial charge in [0.2, 0.25) is 0 Å². The van der Waals surface area contributed by atoms with Crippen molar-refractivity contribution in [3.63, 3.8) is 0 Å². The molecule has 344 valence electrons. The van der Waals surface area contributed by atoms with Crippen molar-refractivity contribution in [2.45, 2.75) is 51.9 Å². The first kappa shape index (κ1) is 45.2. The van der Waals surface area contributed by atoms with Crippen LogP contribution in [0.25, 0.3) is 53.9 Å². The van der Waals surface area contributed by atoms with Crippen LogP contribution in [-0.4, -0.2) is 33.7 Å². The van der Waals surface area contributed by atoms with E-state index in [0.29, 0.717) is 21.9 Å². The number of imide groups is 2. The van der Waals surface area contributed by atoms with E-state index in [4.69, 9.17) is 0 Å².